The smallest absolute Gasteiger partial charge is 0.0174 e. The van der Waals surface area contributed by atoms with Crippen molar-refractivity contribution in [2.45, 2.75) is 60.4 Å². The fraction of sp³-hybridized carbons (Fsp3) is 0.647. The molecule has 1 aromatic carbocycles. The molecule has 1 fully saturated rings. The molecular formula is C17H23BrS. The second-order valence-electron chi connectivity index (χ2n) is 6.15. The van der Waals surface area contributed by atoms with Gasteiger partial charge in [0, 0.05) is 15.0 Å². The van der Waals surface area contributed by atoms with Crippen LogP contribution in [0.5, 0.6) is 0 Å². The van der Waals surface area contributed by atoms with E-state index in [1.807, 2.05) is 0 Å². The van der Waals surface area contributed by atoms with Gasteiger partial charge in [0.15, 0.2) is 0 Å². The molecule has 0 aromatic heterocycles. The standard InChI is InChI=1S/C17H23BrS/c1-2-12-7-8-16(18)14(9-12)11-15-10-13-5-3-4-6-17(13)19-15/h3-6,12,14-16H,2,7-11H2,1H3. The van der Waals surface area contributed by atoms with Gasteiger partial charge in [-0.15, -0.1) is 11.8 Å². The number of thioether (sulfide) groups is 1. The van der Waals surface area contributed by atoms with Crippen molar-refractivity contribution >= 4 is 27.7 Å². The number of hydrogen-bond acceptors (Lipinski definition) is 1. The summed E-state index contributed by atoms with van der Waals surface area (Å²) >= 11 is 6.06. The van der Waals surface area contributed by atoms with Gasteiger partial charge < -0.3 is 0 Å². The largest absolute Gasteiger partial charge is 0.122 e. The maximum Gasteiger partial charge on any atom is 0.0174 e. The van der Waals surface area contributed by atoms with E-state index in [0.717, 1.165) is 21.9 Å². The normalized spacial score (nSPS) is 34.2. The fourth-order valence-electron chi connectivity index (χ4n) is 3.66. The minimum absolute atomic E-state index is 0.764. The van der Waals surface area contributed by atoms with E-state index in [2.05, 4.69) is 58.9 Å². The molecule has 0 amide bonds. The predicted molar refractivity (Wildman–Crippen MR) is 88.2 cm³/mol. The highest BCUT2D eigenvalue weighted by atomic mass is 79.9. The Bertz CT molecular complexity index is 406. The molecule has 1 heterocycles. The van der Waals surface area contributed by atoms with Crippen LogP contribution in [0.25, 0.3) is 0 Å². The molecule has 1 saturated carbocycles. The number of halogens is 1. The predicted octanol–water partition coefficient (Wildman–Crippen LogP) is 5.68. The highest BCUT2D eigenvalue weighted by Gasteiger charge is 2.32. The van der Waals surface area contributed by atoms with E-state index in [-0.39, 0.29) is 0 Å². The number of rotatable bonds is 3. The van der Waals surface area contributed by atoms with Crippen LogP contribution < -0.4 is 0 Å². The van der Waals surface area contributed by atoms with Crippen molar-refractivity contribution in [3.8, 4) is 0 Å². The lowest BCUT2D eigenvalue weighted by molar-refractivity contribution is 0.260. The summed E-state index contributed by atoms with van der Waals surface area (Å²) in [6.45, 7) is 2.36. The maximum absolute atomic E-state index is 3.94. The van der Waals surface area contributed by atoms with Gasteiger partial charge in [0.2, 0.25) is 0 Å². The maximum atomic E-state index is 3.94. The SMILES string of the molecule is CCC1CCC(Br)C(CC2Cc3ccccc3S2)C1. The van der Waals surface area contributed by atoms with Crippen LogP contribution >= 0.6 is 27.7 Å². The van der Waals surface area contributed by atoms with E-state index in [9.17, 15) is 0 Å². The Morgan fingerprint density at radius 2 is 2.11 bits per heavy atom. The summed E-state index contributed by atoms with van der Waals surface area (Å²) < 4.78 is 0. The molecule has 0 radical (unpaired) electrons. The van der Waals surface area contributed by atoms with E-state index in [1.54, 1.807) is 5.56 Å². The third kappa shape index (κ3) is 3.21. The van der Waals surface area contributed by atoms with Crippen molar-refractivity contribution in [3.63, 3.8) is 0 Å². The van der Waals surface area contributed by atoms with Crippen molar-refractivity contribution in [3.05, 3.63) is 29.8 Å². The van der Waals surface area contributed by atoms with Gasteiger partial charge in [0.1, 0.15) is 0 Å². The van der Waals surface area contributed by atoms with Crippen LogP contribution in [0.15, 0.2) is 29.2 Å². The summed E-state index contributed by atoms with van der Waals surface area (Å²) in [5.41, 5.74) is 1.58. The van der Waals surface area contributed by atoms with Gasteiger partial charge >= 0.3 is 0 Å². The lowest BCUT2D eigenvalue weighted by Gasteiger charge is -2.34. The molecule has 4 atom stereocenters. The monoisotopic (exact) mass is 338 g/mol. The molecule has 0 N–H and O–H groups in total. The van der Waals surface area contributed by atoms with Crippen LogP contribution in [0.4, 0.5) is 0 Å². The van der Waals surface area contributed by atoms with Crippen LogP contribution in [0.2, 0.25) is 0 Å². The first kappa shape index (κ1) is 14.0. The molecule has 19 heavy (non-hydrogen) atoms. The van der Waals surface area contributed by atoms with E-state index >= 15 is 0 Å². The minimum atomic E-state index is 0.764. The van der Waals surface area contributed by atoms with Crippen LogP contribution in [0.1, 0.15) is 44.6 Å². The third-order valence-corrected chi connectivity index (χ3v) is 7.41. The Labute approximate surface area is 129 Å². The van der Waals surface area contributed by atoms with Gasteiger partial charge in [-0.2, -0.15) is 0 Å². The van der Waals surface area contributed by atoms with Crippen LogP contribution in [-0.2, 0) is 6.42 Å². The summed E-state index contributed by atoms with van der Waals surface area (Å²) in [4.78, 5) is 2.29. The molecule has 0 nitrogen and oxygen atoms in total. The fourth-order valence-corrected chi connectivity index (χ4v) is 5.78. The lowest BCUT2D eigenvalue weighted by atomic mass is 9.78. The van der Waals surface area contributed by atoms with E-state index in [1.165, 1.54) is 43.4 Å². The molecule has 3 rings (SSSR count). The first-order chi connectivity index (χ1) is 9.26. The molecule has 0 bridgehead atoms. The third-order valence-electron chi connectivity index (χ3n) is 4.86. The number of hydrogen-bond donors (Lipinski definition) is 0. The molecule has 1 aliphatic heterocycles. The average molecular weight is 339 g/mol. The number of fused-ring (bicyclic) bond motifs is 1. The summed E-state index contributed by atoms with van der Waals surface area (Å²) in [5, 5.41) is 0.818. The Balaban J connectivity index is 1.60. The second-order valence-corrected chi connectivity index (χ2v) is 8.67. The molecule has 2 aliphatic rings. The van der Waals surface area contributed by atoms with Gasteiger partial charge in [-0.05, 0) is 55.6 Å². The second kappa shape index (κ2) is 6.22. The van der Waals surface area contributed by atoms with Gasteiger partial charge in [-0.3, -0.25) is 0 Å². The van der Waals surface area contributed by atoms with Crippen molar-refractivity contribution in [1.29, 1.82) is 0 Å². The Hall–Kier alpha value is 0.0500. The van der Waals surface area contributed by atoms with Crippen LogP contribution in [0, 0.1) is 11.8 Å². The molecule has 0 saturated heterocycles. The summed E-state index contributed by atoms with van der Waals surface area (Å²) in [5.74, 6) is 1.87. The van der Waals surface area contributed by atoms with Crippen molar-refractivity contribution in [2.75, 3.05) is 0 Å². The number of alkyl halides is 1. The topological polar surface area (TPSA) is 0 Å². The molecule has 2 heteroatoms. The minimum Gasteiger partial charge on any atom is -0.122 e. The van der Waals surface area contributed by atoms with Gasteiger partial charge in [-0.1, -0.05) is 47.5 Å². The molecule has 1 aromatic rings. The highest BCUT2D eigenvalue weighted by Crippen LogP contribution is 2.44. The molecular weight excluding hydrogens is 316 g/mol. The van der Waals surface area contributed by atoms with Crippen molar-refractivity contribution < 1.29 is 0 Å². The zero-order chi connectivity index (χ0) is 13.2. The highest BCUT2D eigenvalue weighted by molar-refractivity contribution is 9.09. The van der Waals surface area contributed by atoms with Gasteiger partial charge in [0.25, 0.3) is 0 Å². The number of benzene rings is 1. The molecule has 0 spiro atoms. The molecule has 104 valence electrons. The Morgan fingerprint density at radius 3 is 2.89 bits per heavy atom. The summed E-state index contributed by atoms with van der Waals surface area (Å²) in [7, 11) is 0. The molecule has 1 aliphatic carbocycles. The van der Waals surface area contributed by atoms with E-state index in [0.29, 0.717) is 0 Å². The average Bonchev–Trinajstić information content (AvgIpc) is 2.83. The Kier molecular flexibility index (Phi) is 4.58. The van der Waals surface area contributed by atoms with Crippen LogP contribution in [-0.4, -0.2) is 10.1 Å². The zero-order valence-electron chi connectivity index (χ0n) is 11.6. The quantitative estimate of drug-likeness (QED) is 0.638. The van der Waals surface area contributed by atoms with Gasteiger partial charge in [-0.25, -0.2) is 0 Å². The van der Waals surface area contributed by atoms with Gasteiger partial charge in [0.05, 0.1) is 0 Å². The first-order valence-electron chi connectivity index (χ1n) is 7.65. The van der Waals surface area contributed by atoms with Crippen molar-refractivity contribution in [2.24, 2.45) is 11.8 Å². The molecule has 4 unspecified atom stereocenters. The van der Waals surface area contributed by atoms with E-state index < -0.39 is 0 Å². The van der Waals surface area contributed by atoms with E-state index in [4.69, 9.17) is 0 Å². The zero-order valence-corrected chi connectivity index (χ0v) is 14.1. The van der Waals surface area contributed by atoms with Crippen molar-refractivity contribution in [1.82, 2.24) is 0 Å². The van der Waals surface area contributed by atoms with Crippen LogP contribution in [0.3, 0.4) is 0 Å². The summed E-state index contributed by atoms with van der Waals surface area (Å²) in [6, 6.07) is 8.96. The lowest BCUT2D eigenvalue weighted by Crippen LogP contribution is -2.27. The Morgan fingerprint density at radius 1 is 1.26 bits per heavy atom. The summed E-state index contributed by atoms with van der Waals surface area (Å²) in [6.07, 6.45) is 8.31. The first-order valence-corrected chi connectivity index (χ1v) is 9.44.